The summed E-state index contributed by atoms with van der Waals surface area (Å²) >= 11 is 0. The molecule has 0 saturated carbocycles. The van der Waals surface area contributed by atoms with Gasteiger partial charge in [0.2, 0.25) is 0 Å². The van der Waals surface area contributed by atoms with E-state index >= 15 is 0 Å². The second-order valence-corrected chi connectivity index (χ2v) is 7.08. The minimum absolute atomic E-state index is 0.255. The fraction of sp³-hybridized carbons (Fsp3) is 0.333. The Morgan fingerprint density at radius 1 is 1.13 bits per heavy atom. The summed E-state index contributed by atoms with van der Waals surface area (Å²) in [6, 6.07) is 6.04. The second kappa shape index (κ2) is 8.58. The molecule has 2 aromatic rings. The molecule has 2 aliphatic heterocycles. The van der Waals surface area contributed by atoms with Gasteiger partial charge in [-0.3, -0.25) is 14.6 Å². The Balaban J connectivity index is 1.54. The van der Waals surface area contributed by atoms with Crippen molar-refractivity contribution in [2.24, 2.45) is 5.10 Å². The molecule has 30 heavy (non-hydrogen) atoms. The van der Waals surface area contributed by atoms with Crippen molar-refractivity contribution in [2.75, 3.05) is 42.9 Å². The summed E-state index contributed by atoms with van der Waals surface area (Å²) in [6.07, 6.45) is 5.40. The summed E-state index contributed by atoms with van der Waals surface area (Å²) in [5, 5.41) is 7.65. The summed E-state index contributed by atoms with van der Waals surface area (Å²) in [4.78, 5) is 29.5. The van der Waals surface area contributed by atoms with E-state index in [-0.39, 0.29) is 11.5 Å². The normalized spacial score (nSPS) is 16.7. The molecule has 4 rings (SSSR count). The Morgan fingerprint density at radius 3 is 2.77 bits per heavy atom. The van der Waals surface area contributed by atoms with Crippen molar-refractivity contribution >= 4 is 23.6 Å². The van der Waals surface area contributed by atoms with Crippen molar-refractivity contribution < 1.29 is 14.0 Å². The van der Waals surface area contributed by atoms with Gasteiger partial charge in [-0.15, -0.1) is 0 Å². The molecule has 0 unspecified atom stereocenters. The topological polar surface area (TPSA) is 74.2 Å². The summed E-state index contributed by atoms with van der Waals surface area (Å²) in [5.41, 5.74) is 1.70. The number of anilines is 2. The van der Waals surface area contributed by atoms with Gasteiger partial charge in [0.1, 0.15) is 11.6 Å². The second-order valence-electron chi connectivity index (χ2n) is 7.08. The lowest BCUT2D eigenvalue weighted by atomic mass is 10.1. The number of amides is 1. The number of carbonyl (C=O) groups excluding carboxylic acids is 1. The average Bonchev–Trinajstić information content (AvgIpc) is 2.99. The predicted molar refractivity (Wildman–Crippen MR) is 112 cm³/mol. The first kappa shape index (κ1) is 20.0. The van der Waals surface area contributed by atoms with Crippen LogP contribution < -0.4 is 10.1 Å². The van der Waals surface area contributed by atoms with Crippen molar-refractivity contribution in [1.29, 1.82) is 0 Å². The number of aryl methyl sites for hydroxylation is 2. The number of benzene rings is 1. The van der Waals surface area contributed by atoms with Crippen molar-refractivity contribution in [3.63, 3.8) is 0 Å². The Hall–Kier alpha value is -3.33. The van der Waals surface area contributed by atoms with Gasteiger partial charge < -0.3 is 4.90 Å². The number of aromatic nitrogens is 2. The monoisotopic (exact) mass is 410 g/mol. The van der Waals surface area contributed by atoms with E-state index in [1.165, 1.54) is 12.1 Å². The highest BCUT2D eigenvalue weighted by Gasteiger charge is 2.26. The summed E-state index contributed by atoms with van der Waals surface area (Å²) < 4.78 is 14.0. The highest BCUT2D eigenvalue weighted by atomic mass is 19.1. The lowest BCUT2D eigenvalue weighted by Crippen LogP contribution is -2.36. The van der Waals surface area contributed by atoms with Gasteiger partial charge in [0, 0.05) is 31.1 Å². The highest BCUT2D eigenvalue weighted by molar-refractivity contribution is 6.00. The molecular formula is C21H23FN6O2. The van der Waals surface area contributed by atoms with Gasteiger partial charge in [0.15, 0.2) is 5.82 Å². The molecule has 156 valence electrons. The van der Waals surface area contributed by atoms with Crippen LogP contribution in [0, 0.1) is 19.7 Å². The third kappa shape index (κ3) is 4.30. The van der Waals surface area contributed by atoms with Gasteiger partial charge in [0.05, 0.1) is 30.9 Å². The van der Waals surface area contributed by atoms with E-state index in [0.29, 0.717) is 50.1 Å². The number of nitrogens with zero attached hydrogens (tertiary/aromatic N) is 6. The van der Waals surface area contributed by atoms with Gasteiger partial charge in [-0.05, 0) is 38.1 Å². The lowest BCUT2D eigenvalue weighted by molar-refractivity contribution is 0.0730. The molecule has 3 heterocycles. The van der Waals surface area contributed by atoms with E-state index in [2.05, 4.69) is 15.1 Å². The minimum atomic E-state index is -0.460. The van der Waals surface area contributed by atoms with E-state index < -0.39 is 5.82 Å². The van der Waals surface area contributed by atoms with Crippen LogP contribution in [0.1, 0.15) is 21.9 Å². The molecule has 1 saturated heterocycles. The first-order valence-corrected chi connectivity index (χ1v) is 9.79. The number of hydrogen-bond donors (Lipinski definition) is 0. The number of hydrazone groups is 1. The summed E-state index contributed by atoms with van der Waals surface area (Å²) in [6.45, 7) is 5.80. The molecule has 0 N–H and O–H groups in total. The Morgan fingerprint density at radius 2 is 2.00 bits per heavy atom. The molecule has 0 radical (unpaired) electrons. The van der Waals surface area contributed by atoms with E-state index in [1.807, 2.05) is 32.1 Å². The molecule has 1 aromatic carbocycles. The van der Waals surface area contributed by atoms with Crippen molar-refractivity contribution in [3.05, 3.63) is 59.3 Å². The molecule has 1 fully saturated rings. The van der Waals surface area contributed by atoms with Crippen LogP contribution in [-0.4, -0.2) is 59.8 Å². The molecule has 0 bridgehead atoms. The van der Waals surface area contributed by atoms with Gasteiger partial charge in [0.25, 0.3) is 5.91 Å². The van der Waals surface area contributed by atoms with Crippen LogP contribution in [0.25, 0.3) is 0 Å². The third-order valence-corrected chi connectivity index (χ3v) is 4.85. The van der Waals surface area contributed by atoms with E-state index in [4.69, 9.17) is 4.84 Å². The highest BCUT2D eigenvalue weighted by Crippen LogP contribution is 2.25. The maximum absolute atomic E-state index is 14.0. The first-order chi connectivity index (χ1) is 14.5. The number of carbonyl (C=O) groups is 1. The largest absolute Gasteiger partial charge is 0.334 e. The van der Waals surface area contributed by atoms with Crippen LogP contribution in [0.5, 0.6) is 0 Å². The van der Waals surface area contributed by atoms with Crippen LogP contribution in [0.3, 0.4) is 0 Å². The van der Waals surface area contributed by atoms with Crippen LogP contribution in [0.2, 0.25) is 0 Å². The van der Waals surface area contributed by atoms with Gasteiger partial charge in [-0.25, -0.2) is 19.4 Å². The zero-order chi connectivity index (χ0) is 21.1. The lowest BCUT2D eigenvalue weighted by Gasteiger charge is -2.25. The number of hydroxylamine groups is 1. The number of hydrogen-bond acceptors (Lipinski definition) is 7. The van der Waals surface area contributed by atoms with Crippen LogP contribution >= 0.6 is 0 Å². The molecular weight excluding hydrogens is 387 g/mol. The van der Waals surface area contributed by atoms with Crippen LogP contribution in [0.4, 0.5) is 15.9 Å². The number of allylic oxidation sites excluding steroid dienone is 1. The fourth-order valence-electron chi connectivity index (χ4n) is 3.48. The van der Waals surface area contributed by atoms with Crippen LogP contribution in [-0.2, 0) is 4.84 Å². The number of rotatable bonds is 3. The summed E-state index contributed by atoms with van der Waals surface area (Å²) in [5.74, 6) is 0.606. The molecule has 2 aliphatic rings. The fourth-order valence-corrected chi connectivity index (χ4v) is 3.48. The van der Waals surface area contributed by atoms with E-state index in [9.17, 15) is 9.18 Å². The molecule has 0 spiro atoms. The zero-order valence-electron chi connectivity index (χ0n) is 17.0. The van der Waals surface area contributed by atoms with Gasteiger partial charge in [-0.1, -0.05) is 6.08 Å². The number of halogens is 1. The third-order valence-electron chi connectivity index (χ3n) is 4.85. The van der Waals surface area contributed by atoms with E-state index in [0.717, 1.165) is 5.69 Å². The Labute approximate surface area is 174 Å². The molecule has 1 aromatic heterocycles. The first-order valence-electron chi connectivity index (χ1n) is 9.79. The maximum Gasteiger partial charge on any atom is 0.256 e. The molecule has 0 atom stereocenters. The maximum atomic E-state index is 14.0. The molecule has 0 aliphatic carbocycles. The van der Waals surface area contributed by atoms with Crippen LogP contribution in [0.15, 0.2) is 41.5 Å². The van der Waals surface area contributed by atoms with Gasteiger partial charge >= 0.3 is 0 Å². The van der Waals surface area contributed by atoms with E-state index in [1.54, 1.807) is 27.3 Å². The van der Waals surface area contributed by atoms with Crippen molar-refractivity contribution in [3.8, 4) is 0 Å². The van der Waals surface area contributed by atoms with Crippen molar-refractivity contribution in [1.82, 2.24) is 14.9 Å². The smallest absolute Gasteiger partial charge is 0.256 e. The molecule has 9 heteroatoms. The molecule has 8 nitrogen and oxygen atoms in total. The van der Waals surface area contributed by atoms with Gasteiger partial charge in [-0.2, -0.15) is 5.10 Å². The predicted octanol–water partition coefficient (Wildman–Crippen LogP) is 2.49. The Kier molecular flexibility index (Phi) is 5.71. The summed E-state index contributed by atoms with van der Waals surface area (Å²) in [7, 11) is 0. The average molecular weight is 410 g/mol. The molecule has 1 amide bonds. The SMILES string of the molecule is Cc1cc(N2CCN(C(=O)c3cc(F)ccc3N3CC=CC=N3)CCO2)nc(C)n1. The zero-order valence-corrected chi connectivity index (χ0v) is 17.0. The Bertz CT molecular complexity index is 989. The van der Waals surface area contributed by atoms with Crippen molar-refractivity contribution in [2.45, 2.75) is 13.8 Å². The standard InChI is InChI=1S/C21H23FN6O2/c1-15-13-20(25-16(2)24-15)28-10-9-26(11-12-30-28)21(29)18-14-17(22)5-6-19(18)27-8-4-3-7-23-27/h3-7,13-14H,8-12H2,1-2H3. The minimum Gasteiger partial charge on any atom is -0.334 e. The quantitative estimate of drug-likeness (QED) is 0.774.